The molecule has 0 saturated carbocycles. The summed E-state index contributed by atoms with van der Waals surface area (Å²) in [5.41, 5.74) is 7.79. The SMILES string of the molecule is c1ccc2cc(-c3nc(-c4cc5oc6ccccc6c5c5cc(-n6c7ccccc7c7cc8ccccc8cc76)ccc45)nc(-c4cccc5sc6ccccc6c45)n3)ccc2c1. The third kappa shape index (κ3) is 5.19. The van der Waals surface area contributed by atoms with E-state index in [4.69, 9.17) is 19.4 Å². The topological polar surface area (TPSA) is 56.7 Å². The van der Waals surface area contributed by atoms with Crippen LogP contribution in [-0.2, 0) is 0 Å². The lowest BCUT2D eigenvalue weighted by atomic mass is 9.97. The standard InChI is InChI=1S/C57H32N4OS/c1-2-13-34-28-37(25-24-33(34)12-1)55-58-56(43-19-11-23-52-54(43)42-18-7-10-22-51(42)63-52)60-57(59-55)46-32-50-53(41-17-6-9-21-49(41)62-50)45-31-38(26-27-39(45)46)61-47-20-8-5-16-40(47)44-29-35-14-3-4-15-36(35)30-48(44)61/h1-32H. The first-order valence-electron chi connectivity index (χ1n) is 21.2. The quantitative estimate of drug-likeness (QED) is 0.177. The molecule has 0 N–H and O–H groups in total. The van der Waals surface area contributed by atoms with Crippen molar-refractivity contribution >= 4 is 108 Å². The summed E-state index contributed by atoms with van der Waals surface area (Å²) >= 11 is 1.79. The van der Waals surface area contributed by atoms with Gasteiger partial charge in [0.1, 0.15) is 11.2 Å². The van der Waals surface area contributed by atoms with Crippen molar-refractivity contribution in [3.8, 4) is 39.9 Å². The van der Waals surface area contributed by atoms with Crippen molar-refractivity contribution in [2.75, 3.05) is 0 Å². The van der Waals surface area contributed by atoms with Crippen LogP contribution in [0.15, 0.2) is 199 Å². The van der Waals surface area contributed by atoms with Gasteiger partial charge in [0, 0.05) is 64.1 Å². The monoisotopic (exact) mass is 820 g/mol. The van der Waals surface area contributed by atoms with E-state index in [0.717, 1.165) is 76.9 Å². The van der Waals surface area contributed by atoms with Crippen molar-refractivity contribution in [1.29, 1.82) is 0 Å². The number of fused-ring (bicyclic) bond motifs is 13. The van der Waals surface area contributed by atoms with Gasteiger partial charge in [-0.15, -0.1) is 11.3 Å². The molecule has 0 aliphatic heterocycles. The molecule has 0 atom stereocenters. The second-order valence-electron chi connectivity index (χ2n) is 16.3. The Labute approximate surface area is 363 Å². The Morgan fingerprint density at radius 3 is 1.92 bits per heavy atom. The Bertz CT molecular complexity index is 4230. The second-order valence-corrected chi connectivity index (χ2v) is 17.4. The van der Waals surface area contributed by atoms with Gasteiger partial charge in [-0.1, -0.05) is 133 Å². The molecule has 5 nitrogen and oxygen atoms in total. The smallest absolute Gasteiger partial charge is 0.164 e. The van der Waals surface area contributed by atoms with Gasteiger partial charge >= 0.3 is 0 Å². The first-order valence-corrected chi connectivity index (χ1v) is 22.0. The van der Waals surface area contributed by atoms with E-state index in [2.05, 4.69) is 187 Å². The number of rotatable bonds is 4. The number of nitrogens with zero attached hydrogens (tertiary/aromatic N) is 4. The normalized spacial score (nSPS) is 12.1. The minimum absolute atomic E-state index is 0.586. The van der Waals surface area contributed by atoms with Crippen LogP contribution in [0.5, 0.6) is 0 Å². The number of thiophene rings is 1. The average molecular weight is 821 g/mol. The molecule has 0 aliphatic carbocycles. The van der Waals surface area contributed by atoms with Crippen LogP contribution < -0.4 is 0 Å². The van der Waals surface area contributed by atoms with E-state index in [9.17, 15) is 0 Å². The van der Waals surface area contributed by atoms with Crippen LogP contribution in [0.1, 0.15) is 0 Å². The Balaban J connectivity index is 1.07. The zero-order chi connectivity index (χ0) is 41.2. The number of hydrogen-bond donors (Lipinski definition) is 0. The first-order chi connectivity index (χ1) is 31.2. The summed E-state index contributed by atoms with van der Waals surface area (Å²) in [7, 11) is 0. The molecule has 0 saturated heterocycles. The first kappa shape index (κ1) is 34.5. The highest BCUT2D eigenvalue weighted by Crippen LogP contribution is 2.44. The lowest BCUT2D eigenvalue weighted by Gasteiger charge is -2.14. The minimum atomic E-state index is 0.586. The Hall–Kier alpha value is -8.19. The van der Waals surface area contributed by atoms with Gasteiger partial charge in [-0.3, -0.25) is 0 Å². The van der Waals surface area contributed by atoms with Gasteiger partial charge in [-0.05, 0) is 93.0 Å². The molecule has 0 radical (unpaired) electrons. The fourth-order valence-electron chi connectivity index (χ4n) is 9.92. The van der Waals surface area contributed by atoms with E-state index in [1.807, 2.05) is 12.1 Å². The highest BCUT2D eigenvalue weighted by Gasteiger charge is 2.22. The molecule has 4 aromatic heterocycles. The fourth-order valence-corrected chi connectivity index (χ4v) is 11.1. The Morgan fingerprint density at radius 2 is 1.05 bits per heavy atom. The maximum Gasteiger partial charge on any atom is 0.164 e. The molecule has 0 amide bonds. The van der Waals surface area contributed by atoms with Gasteiger partial charge in [-0.25, -0.2) is 15.0 Å². The van der Waals surface area contributed by atoms with E-state index in [-0.39, 0.29) is 0 Å². The molecule has 10 aromatic carbocycles. The molecule has 0 spiro atoms. The molecule has 0 bridgehead atoms. The molecule has 0 fully saturated rings. The molecule has 14 rings (SSSR count). The minimum Gasteiger partial charge on any atom is -0.456 e. The zero-order valence-electron chi connectivity index (χ0n) is 33.6. The highest BCUT2D eigenvalue weighted by atomic mass is 32.1. The highest BCUT2D eigenvalue weighted by molar-refractivity contribution is 7.25. The van der Waals surface area contributed by atoms with E-state index >= 15 is 0 Å². The largest absolute Gasteiger partial charge is 0.456 e. The molecule has 4 heterocycles. The molecule has 0 unspecified atom stereocenters. The van der Waals surface area contributed by atoms with E-state index < -0.39 is 0 Å². The second kappa shape index (κ2) is 13.2. The average Bonchev–Trinajstić information content (AvgIpc) is 4.02. The molecule has 0 aliphatic rings. The van der Waals surface area contributed by atoms with Gasteiger partial charge < -0.3 is 8.98 Å². The summed E-state index contributed by atoms with van der Waals surface area (Å²) < 4.78 is 11.6. The zero-order valence-corrected chi connectivity index (χ0v) is 34.4. The molecule has 6 heteroatoms. The van der Waals surface area contributed by atoms with Crippen molar-refractivity contribution in [2.45, 2.75) is 0 Å². The number of hydrogen-bond acceptors (Lipinski definition) is 5. The lowest BCUT2D eigenvalue weighted by molar-refractivity contribution is 0.669. The molecule has 292 valence electrons. The molecule has 63 heavy (non-hydrogen) atoms. The summed E-state index contributed by atoms with van der Waals surface area (Å²) in [6.07, 6.45) is 0. The van der Waals surface area contributed by atoms with Crippen LogP contribution in [0.4, 0.5) is 0 Å². The van der Waals surface area contributed by atoms with Crippen LogP contribution >= 0.6 is 11.3 Å². The van der Waals surface area contributed by atoms with Crippen molar-refractivity contribution in [3.05, 3.63) is 194 Å². The number of aromatic nitrogens is 4. The molecule has 14 aromatic rings. The maximum absolute atomic E-state index is 6.74. The summed E-state index contributed by atoms with van der Waals surface area (Å²) in [6.45, 7) is 0. The summed E-state index contributed by atoms with van der Waals surface area (Å²) in [6, 6.07) is 69.2. The van der Waals surface area contributed by atoms with Gasteiger partial charge in [0.05, 0.1) is 11.0 Å². The predicted molar refractivity (Wildman–Crippen MR) is 263 cm³/mol. The van der Waals surface area contributed by atoms with Crippen molar-refractivity contribution in [3.63, 3.8) is 0 Å². The van der Waals surface area contributed by atoms with Crippen LogP contribution in [0.25, 0.3) is 136 Å². The third-order valence-corrected chi connectivity index (χ3v) is 13.9. The van der Waals surface area contributed by atoms with Crippen LogP contribution in [0.2, 0.25) is 0 Å². The van der Waals surface area contributed by atoms with E-state index in [1.54, 1.807) is 11.3 Å². The third-order valence-electron chi connectivity index (χ3n) is 12.8. The lowest BCUT2D eigenvalue weighted by Crippen LogP contribution is -2.01. The van der Waals surface area contributed by atoms with Gasteiger partial charge in [-0.2, -0.15) is 0 Å². The van der Waals surface area contributed by atoms with E-state index in [0.29, 0.717) is 17.5 Å². The number of benzene rings is 10. The van der Waals surface area contributed by atoms with Crippen LogP contribution in [0.3, 0.4) is 0 Å². The van der Waals surface area contributed by atoms with E-state index in [1.165, 1.54) is 41.7 Å². The van der Waals surface area contributed by atoms with Crippen LogP contribution in [-0.4, -0.2) is 19.5 Å². The molecular formula is C57H32N4OS. The Morgan fingerprint density at radius 1 is 0.365 bits per heavy atom. The van der Waals surface area contributed by atoms with Crippen molar-refractivity contribution in [1.82, 2.24) is 19.5 Å². The number of furan rings is 1. The summed E-state index contributed by atoms with van der Waals surface area (Å²) in [5, 5.41) is 13.8. The van der Waals surface area contributed by atoms with Gasteiger partial charge in [0.15, 0.2) is 17.5 Å². The van der Waals surface area contributed by atoms with Gasteiger partial charge in [0.2, 0.25) is 0 Å². The number of para-hydroxylation sites is 2. The Kier molecular flexibility index (Phi) is 7.21. The summed E-state index contributed by atoms with van der Waals surface area (Å²) in [5.74, 6) is 1.83. The molecular weight excluding hydrogens is 789 g/mol. The summed E-state index contributed by atoms with van der Waals surface area (Å²) in [4.78, 5) is 16.1. The van der Waals surface area contributed by atoms with Crippen LogP contribution in [0, 0.1) is 0 Å². The van der Waals surface area contributed by atoms with Crippen molar-refractivity contribution in [2.24, 2.45) is 0 Å². The van der Waals surface area contributed by atoms with Gasteiger partial charge in [0.25, 0.3) is 0 Å². The van der Waals surface area contributed by atoms with Crippen molar-refractivity contribution < 1.29 is 4.42 Å². The maximum atomic E-state index is 6.74. The predicted octanol–water partition coefficient (Wildman–Crippen LogP) is 15.7. The fraction of sp³-hybridized carbons (Fsp3) is 0.